The van der Waals surface area contributed by atoms with Crippen molar-refractivity contribution >= 4 is 41.0 Å². The molecule has 0 radical (unpaired) electrons. The molecule has 0 aromatic heterocycles. The van der Waals surface area contributed by atoms with E-state index < -0.39 is 30.1 Å². The molecule has 2 aromatic carbocycles. The molecule has 2 N–H and O–H groups in total. The Kier molecular flexibility index (Phi) is 8.68. The molecule has 3 atom stereocenters. The Labute approximate surface area is 218 Å². The Hall–Kier alpha value is -2.85. The molecule has 0 aliphatic carbocycles. The summed E-state index contributed by atoms with van der Waals surface area (Å²) in [5.74, 6) is -1.68. The quantitative estimate of drug-likeness (QED) is 0.506. The molecule has 0 saturated carbocycles. The minimum Gasteiger partial charge on any atom is -0.489 e. The summed E-state index contributed by atoms with van der Waals surface area (Å²) in [5, 5.41) is 13.2. The average Bonchev–Trinajstić information content (AvgIpc) is 3.56. The van der Waals surface area contributed by atoms with Crippen LogP contribution in [0.25, 0.3) is 0 Å². The Balaban J connectivity index is 1.34. The van der Waals surface area contributed by atoms with Gasteiger partial charge in [-0.3, -0.25) is 9.59 Å². The summed E-state index contributed by atoms with van der Waals surface area (Å²) >= 11 is 12.3. The maximum Gasteiger partial charge on any atom is 0.326 e. The predicted octanol–water partition coefficient (Wildman–Crippen LogP) is 3.05. The van der Waals surface area contributed by atoms with Gasteiger partial charge in [-0.05, 0) is 42.7 Å². The van der Waals surface area contributed by atoms with Crippen LogP contribution in [0.3, 0.4) is 0 Å². The molecular formula is C25H26Cl2N2O7. The van der Waals surface area contributed by atoms with Crippen molar-refractivity contribution in [3.63, 3.8) is 0 Å². The second-order valence-corrected chi connectivity index (χ2v) is 9.38. The zero-order valence-electron chi connectivity index (χ0n) is 19.3. The topological polar surface area (TPSA) is 114 Å². The van der Waals surface area contributed by atoms with Crippen LogP contribution in [0, 0.1) is 0 Å². The first-order chi connectivity index (χ1) is 17.3. The van der Waals surface area contributed by atoms with Gasteiger partial charge in [0.25, 0.3) is 11.8 Å². The summed E-state index contributed by atoms with van der Waals surface area (Å²) in [6, 6.07) is 10.8. The molecule has 0 spiro atoms. The lowest BCUT2D eigenvalue weighted by Gasteiger charge is -2.23. The number of carboxylic acid groups (broad SMARTS) is 1. The summed E-state index contributed by atoms with van der Waals surface area (Å²) in [7, 11) is 0. The number of carbonyl (C=O) groups is 3. The standard InChI is InChI=1S/C25H26Cl2N2O7/c26-18-4-3-5-19(27)17(18)13-34-16-8-6-15(7-9-16)12-20(25(32)33)28-23(30)21-22(36-14-35-21)24(31)29-10-1-2-11-29/h3-9,20-22H,1-2,10-14H2,(H,28,30)(H,32,33)/t20?,21-,22-/m1/s1. The number of aliphatic carboxylic acids is 1. The summed E-state index contributed by atoms with van der Waals surface area (Å²) in [6.07, 6.45) is -0.465. The monoisotopic (exact) mass is 536 g/mol. The van der Waals surface area contributed by atoms with Gasteiger partial charge in [0.1, 0.15) is 25.2 Å². The number of amides is 2. The van der Waals surface area contributed by atoms with Gasteiger partial charge in [-0.15, -0.1) is 0 Å². The number of ether oxygens (including phenoxy) is 3. The van der Waals surface area contributed by atoms with Crippen LogP contribution < -0.4 is 10.1 Å². The first-order valence-electron chi connectivity index (χ1n) is 11.5. The third-order valence-electron chi connectivity index (χ3n) is 6.11. The smallest absolute Gasteiger partial charge is 0.326 e. The normalized spacial score (nSPS) is 20.2. The van der Waals surface area contributed by atoms with Crippen LogP contribution in [0.2, 0.25) is 10.0 Å². The molecule has 2 aliphatic heterocycles. The van der Waals surface area contributed by atoms with Crippen LogP contribution in [0.15, 0.2) is 42.5 Å². The first-order valence-corrected chi connectivity index (χ1v) is 12.3. The molecule has 0 bridgehead atoms. The second kappa shape index (κ2) is 11.9. The number of nitrogens with zero attached hydrogens (tertiary/aromatic N) is 1. The molecule has 1 unspecified atom stereocenters. The van der Waals surface area contributed by atoms with E-state index in [1.807, 2.05) is 0 Å². The molecule has 36 heavy (non-hydrogen) atoms. The second-order valence-electron chi connectivity index (χ2n) is 8.56. The highest BCUT2D eigenvalue weighted by molar-refractivity contribution is 6.35. The van der Waals surface area contributed by atoms with E-state index in [2.05, 4.69) is 5.32 Å². The average molecular weight is 537 g/mol. The Morgan fingerprint density at radius 1 is 1.03 bits per heavy atom. The molecule has 2 saturated heterocycles. The van der Waals surface area contributed by atoms with Crippen molar-refractivity contribution in [3.8, 4) is 5.75 Å². The van der Waals surface area contributed by atoms with Gasteiger partial charge >= 0.3 is 5.97 Å². The maximum atomic E-state index is 12.8. The van der Waals surface area contributed by atoms with Crippen LogP contribution in [-0.2, 0) is 36.9 Å². The number of carbonyl (C=O) groups excluding carboxylic acids is 2. The van der Waals surface area contributed by atoms with E-state index in [1.165, 1.54) is 0 Å². The van der Waals surface area contributed by atoms with Gasteiger partial charge in [-0.2, -0.15) is 0 Å². The van der Waals surface area contributed by atoms with Crippen LogP contribution in [0.5, 0.6) is 5.75 Å². The van der Waals surface area contributed by atoms with Gasteiger partial charge in [0.15, 0.2) is 12.2 Å². The van der Waals surface area contributed by atoms with Crippen molar-refractivity contribution in [2.24, 2.45) is 0 Å². The molecule has 4 rings (SSSR count). The fraction of sp³-hybridized carbons (Fsp3) is 0.400. The Bertz CT molecular complexity index is 1090. The first kappa shape index (κ1) is 26.2. The number of halogens is 2. The fourth-order valence-electron chi connectivity index (χ4n) is 4.13. The van der Waals surface area contributed by atoms with E-state index in [0.717, 1.165) is 12.8 Å². The minimum atomic E-state index is -1.22. The zero-order chi connectivity index (χ0) is 25.7. The van der Waals surface area contributed by atoms with E-state index in [0.29, 0.717) is 40.0 Å². The molecule has 9 nitrogen and oxygen atoms in total. The van der Waals surface area contributed by atoms with Crippen LogP contribution >= 0.6 is 23.2 Å². The van der Waals surface area contributed by atoms with Crippen molar-refractivity contribution in [1.29, 1.82) is 0 Å². The van der Waals surface area contributed by atoms with Crippen LogP contribution in [0.1, 0.15) is 24.0 Å². The lowest BCUT2D eigenvalue weighted by atomic mass is 10.0. The van der Waals surface area contributed by atoms with E-state index in [-0.39, 0.29) is 25.7 Å². The Morgan fingerprint density at radius 3 is 2.31 bits per heavy atom. The lowest BCUT2D eigenvalue weighted by Crippen LogP contribution is -2.52. The molecular weight excluding hydrogens is 511 g/mol. The van der Waals surface area contributed by atoms with E-state index >= 15 is 0 Å². The van der Waals surface area contributed by atoms with Crippen LogP contribution in [-0.4, -0.2) is 65.9 Å². The van der Waals surface area contributed by atoms with Gasteiger partial charge in [-0.1, -0.05) is 41.4 Å². The minimum absolute atomic E-state index is 0.0238. The van der Waals surface area contributed by atoms with E-state index in [4.69, 9.17) is 37.4 Å². The van der Waals surface area contributed by atoms with Crippen molar-refractivity contribution in [2.45, 2.75) is 44.1 Å². The molecule has 2 fully saturated rings. The number of hydrogen-bond acceptors (Lipinski definition) is 6. The Morgan fingerprint density at radius 2 is 1.67 bits per heavy atom. The highest BCUT2D eigenvalue weighted by atomic mass is 35.5. The highest BCUT2D eigenvalue weighted by Crippen LogP contribution is 2.26. The number of carboxylic acids is 1. The molecule has 2 aliphatic rings. The van der Waals surface area contributed by atoms with Crippen molar-refractivity contribution in [1.82, 2.24) is 10.2 Å². The number of hydrogen-bond donors (Lipinski definition) is 2. The predicted molar refractivity (Wildman–Crippen MR) is 131 cm³/mol. The van der Waals surface area contributed by atoms with E-state index in [9.17, 15) is 19.5 Å². The van der Waals surface area contributed by atoms with Gasteiger partial charge in [-0.25, -0.2) is 4.79 Å². The van der Waals surface area contributed by atoms with Crippen molar-refractivity contribution in [3.05, 3.63) is 63.6 Å². The third kappa shape index (κ3) is 6.28. The summed E-state index contributed by atoms with van der Waals surface area (Å²) < 4.78 is 16.4. The number of nitrogens with one attached hydrogen (secondary N) is 1. The van der Waals surface area contributed by atoms with Crippen molar-refractivity contribution < 1.29 is 33.7 Å². The largest absolute Gasteiger partial charge is 0.489 e. The fourth-order valence-corrected chi connectivity index (χ4v) is 4.64. The van der Waals surface area contributed by atoms with Gasteiger partial charge in [0.05, 0.1) is 0 Å². The molecule has 192 valence electrons. The summed E-state index contributed by atoms with van der Waals surface area (Å²) in [5.41, 5.74) is 1.33. The molecule has 2 heterocycles. The summed E-state index contributed by atoms with van der Waals surface area (Å²) in [4.78, 5) is 39.0. The third-order valence-corrected chi connectivity index (χ3v) is 6.82. The van der Waals surface area contributed by atoms with Crippen LogP contribution in [0.4, 0.5) is 0 Å². The van der Waals surface area contributed by atoms with Gasteiger partial charge in [0.2, 0.25) is 0 Å². The van der Waals surface area contributed by atoms with Crippen molar-refractivity contribution in [2.75, 3.05) is 19.9 Å². The number of likely N-dealkylation sites (tertiary alicyclic amines) is 1. The summed E-state index contributed by atoms with van der Waals surface area (Å²) in [6.45, 7) is 1.18. The zero-order valence-corrected chi connectivity index (χ0v) is 20.8. The van der Waals surface area contributed by atoms with Gasteiger partial charge < -0.3 is 29.5 Å². The molecule has 2 amide bonds. The molecule has 2 aromatic rings. The number of rotatable bonds is 9. The number of benzene rings is 2. The SMILES string of the molecule is O=C(O)C(Cc1ccc(OCc2c(Cl)cccc2Cl)cc1)NC(=O)[C@@H]1OCO[C@H]1C(=O)N1CCCC1. The highest BCUT2D eigenvalue weighted by Gasteiger charge is 2.43. The van der Waals surface area contributed by atoms with Gasteiger partial charge in [0, 0.05) is 35.1 Å². The molecule has 11 heteroatoms. The maximum absolute atomic E-state index is 12.8. The lowest BCUT2D eigenvalue weighted by molar-refractivity contribution is -0.146. The van der Waals surface area contributed by atoms with E-state index in [1.54, 1.807) is 47.4 Å².